The highest BCUT2D eigenvalue weighted by molar-refractivity contribution is 6.25. The molecule has 1 aromatic rings. The molecule has 10 nitrogen and oxygen atoms in total. The van der Waals surface area contributed by atoms with E-state index in [-0.39, 0.29) is 30.2 Å². The predicted molar refractivity (Wildman–Crippen MR) is 101 cm³/mol. The normalized spacial score (nSPS) is 19.2. The van der Waals surface area contributed by atoms with Crippen molar-refractivity contribution in [2.24, 2.45) is 16.0 Å². The maximum Gasteiger partial charge on any atom is 0.341 e. The number of carbonyl (C=O) groups is 3. The van der Waals surface area contributed by atoms with Gasteiger partial charge in [0.2, 0.25) is 0 Å². The summed E-state index contributed by atoms with van der Waals surface area (Å²) < 4.78 is 10.1. The van der Waals surface area contributed by atoms with Gasteiger partial charge in [0.05, 0.1) is 41.4 Å². The van der Waals surface area contributed by atoms with Crippen molar-refractivity contribution in [3.05, 3.63) is 41.1 Å². The van der Waals surface area contributed by atoms with Crippen LogP contribution in [0.25, 0.3) is 6.08 Å². The third-order valence-corrected chi connectivity index (χ3v) is 3.95. The van der Waals surface area contributed by atoms with E-state index in [1.807, 2.05) is 0 Å². The lowest BCUT2D eigenvalue weighted by Gasteiger charge is -2.16. The average Bonchev–Trinajstić information content (AvgIpc) is 3.29. The summed E-state index contributed by atoms with van der Waals surface area (Å²) in [7, 11) is 0. The Balaban J connectivity index is 2.02. The minimum absolute atomic E-state index is 0.0491. The molecule has 28 heavy (non-hydrogen) atoms. The summed E-state index contributed by atoms with van der Waals surface area (Å²) in [4.78, 5) is 43.8. The van der Waals surface area contributed by atoms with Crippen LogP contribution in [0.5, 0.6) is 0 Å². The van der Waals surface area contributed by atoms with Crippen molar-refractivity contribution in [2.45, 2.75) is 13.8 Å². The van der Waals surface area contributed by atoms with Crippen LogP contribution in [0.2, 0.25) is 0 Å². The largest absolute Gasteiger partial charge is 0.462 e. The molecule has 0 fully saturated rings. The number of ether oxygens (including phenoxy) is 2. The molecule has 0 aliphatic carbocycles. The van der Waals surface area contributed by atoms with Crippen LogP contribution in [0, 0.1) is 5.92 Å². The van der Waals surface area contributed by atoms with Gasteiger partial charge in [0, 0.05) is 24.8 Å². The maximum atomic E-state index is 12.5. The van der Waals surface area contributed by atoms with Gasteiger partial charge in [0.25, 0.3) is 5.91 Å². The highest BCUT2D eigenvalue weighted by Gasteiger charge is 2.31. The first-order chi connectivity index (χ1) is 13.6. The molecular weight excluding hydrogens is 366 g/mol. The fraction of sp³-hybridized carbons (Fsp3) is 0.278. The first kappa shape index (κ1) is 19.1. The van der Waals surface area contributed by atoms with Gasteiger partial charge < -0.3 is 19.8 Å². The number of hydrogen-bond donors (Lipinski definition) is 3. The topological polar surface area (TPSA) is 134 Å². The van der Waals surface area contributed by atoms with Crippen LogP contribution >= 0.6 is 0 Å². The van der Waals surface area contributed by atoms with Crippen LogP contribution in [-0.2, 0) is 14.3 Å². The van der Waals surface area contributed by atoms with Crippen LogP contribution < -0.4 is 10.7 Å². The zero-order chi connectivity index (χ0) is 20.1. The first-order valence-electron chi connectivity index (χ1n) is 8.66. The zero-order valence-electron chi connectivity index (χ0n) is 15.3. The molecule has 1 amide bonds. The zero-order valence-corrected chi connectivity index (χ0v) is 15.3. The summed E-state index contributed by atoms with van der Waals surface area (Å²) in [5, 5.41) is 6.75. The van der Waals surface area contributed by atoms with E-state index in [1.54, 1.807) is 26.1 Å². The molecule has 10 heteroatoms. The number of aromatic amines is 1. The number of amides is 1. The maximum absolute atomic E-state index is 12.5. The van der Waals surface area contributed by atoms with Gasteiger partial charge in [-0.3, -0.25) is 9.79 Å². The lowest BCUT2D eigenvalue weighted by atomic mass is 9.99. The fourth-order valence-electron chi connectivity index (χ4n) is 2.75. The summed E-state index contributed by atoms with van der Waals surface area (Å²) in [5.74, 6) is -2.29. The van der Waals surface area contributed by atoms with Gasteiger partial charge in [-0.1, -0.05) is 0 Å². The van der Waals surface area contributed by atoms with Gasteiger partial charge in [-0.05, 0) is 19.9 Å². The average molecular weight is 385 g/mol. The van der Waals surface area contributed by atoms with E-state index in [0.717, 1.165) is 0 Å². The van der Waals surface area contributed by atoms with Gasteiger partial charge in [0.1, 0.15) is 5.92 Å². The summed E-state index contributed by atoms with van der Waals surface area (Å²) in [5.41, 5.74) is 3.69. The number of esters is 2. The van der Waals surface area contributed by atoms with E-state index in [4.69, 9.17) is 9.47 Å². The summed E-state index contributed by atoms with van der Waals surface area (Å²) in [6, 6.07) is 0. The van der Waals surface area contributed by atoms with Gasteiger partial charge in [0.15, 0.2) is 0 Å². The van der Waals surface area contributed by atoms with Gasteiger partial charge in [-0.15, -0.1) is 0 Å². The quantitative estimate of drug-likeness (QED) is 0.624. The number of hydrogen-bond acceptors (Lipinski definition) is 8. The van der Waals surface area contributed by atoms with Crippen molar-refractivity contribution < 1.29 is 23.9 Å². The molecule has 0 radical (unpaired) electrons. The van der Waals surface area contributed by atoms with Gasteiger partial charge in [-0.25, -0.2) is 15.0 Å². The molecule has 2 aliphatic rings. The van der Waals surface area contributed by atoms with Crippen molar-refractivity contribution in [3.63, 3.8) is 0 Å². The van der Waals surface area contributed by atoms with Gasteiger partial charge in [-0.2, -0.15) is 5.10 Å². The lowest BCUT2D eigenvalue weighted by Crippen LogP contribution is -2.32. The Morgan fingerprint density at radius 2 is 1.96 bits per heavy atom. The Kier molecular flexibility index (Phi) is 5.68. The molecule has 3 N–H and O–H groups in total. The number of hydrazone groups is 1. The number of nitrogens with one attached hydrogen (secondary N) is 3. The number of aromatic nitrogens is 1. The molecule has 1 atom stereocenters. The number of aliphatic imine (C=N–C) groups is 1. The molecule has 1 aromatic heterocycles. The lowest BCUT2D eigenvalue weighted by molar-refractivity contribution is -0.120. The molecule has 146 valence electrons. The second-order valence-electron chi connectivity index (χ2n) is 5.70. The van der Waals surface area contributed by atoms with E-state index in [0.29, 0.717) is 17.1 Å². The smallest absolute Gasteiger partial charge is 0.341 e. The molecule has 2 aliphatic heterocycles. The van der Waals surface area contributed by atoms with Crippen molar-refractivity contribution in [2.75, 3.05) is 13.2 Å². The summed E-state index contributed by atoms with van der Waals surface area (Å²) in [6.07, 6.45) is 7.50. The number of carbonyl (C=O) groups excluding carboxylic acids is 3. The second kappa shape index (κ2) is 8.33. The van der Waals surface area contributed by atoms with Crippen molar-refractivity contribution in [3.8, 4) is 0 Å². The first-order valence-corrected chi connectivity index (χ1v) is 8.66. The van der Waals surface area contributed by atoms with Crippen molar-refractivity contribution in [1.29, 1.82) is 0 Å². The predicted octanol–water partition coefficient (Wildman–Crippen LogP) is 0.956. The fourth-order valence-corrected chi connectivity index (χ4v) is 2.75. The number of rotatable bonds is 6. The Hall–Kier alpha value is -3.69. The number of allylic oxidation sites excluding steroid dienone is 1. The Labute approximate surface area is 160 Å². The van der Waals surface area contributed by atoms with Gasteiger partial charge >= 0.3 is 11.9 Å². The number of nitrogens with zero attached hydrogens (tertiary/aromatic N) is 2. The summed E-state index contributed by atoms with van der Waals surface area (Å²) >= 11 is 0. The third kappa shape index (κ3) is 3.70. The van der Waals surface area contributed by atoms with Crippen LogP contribution in [0.15, 0.2) is 34.4 Å². The van der Waals surface area contributed by atoms with E-state index in [1.165, 1.54) is 18.6 Å². The minimum atomic E-state index is -0.672. The Morgan fingerprint density at radius 1 is 1.21 bits per heavy atom. The van der Waals surface area contributed by atoms with Crippen LogP contribution in [-0.4, -0.2) is 48.0 Å². The Bertz CT molecular complexity index is 925. The van der Waals surface area contributed by atoms with Crippen LogP contribution in [0.3, 0.4) is 0 Å². The van der Waals surface area contributed by atoms with Crippen molar-refractivity contribution >= 4 is 35.8 Å². The summed E-state index contributed by atoms with van der Waals surface area (Å²) in [6.45, 7) is 3.66. The SMILES string of the molecule is CCOC(=O)c1c[nH]c(C=C2NC=CN=C2C2C=NNC2=O)c1C(=O)OCC. The highest BCUT2D eigenvalue weighted by Crippen LogP contribution is 2.22. The molecule has 0 spiro atoms. The standard InChI is InChI=1S/C18H19N5O5/c1-3-27-17(25)10-8-21-12(14(10)18(26)28-4-2)7-13-15(20-6-5-19-13)11-9-22-23-16(11)24/h5-9,11,19,21H,3-4H2,1-2H3,(H,23,24). The molecule has 0 bridgehead atoms. The van der Waals surface area contributed by atoms with Crippen LogP contribution in [0.4, 0.5) is 0 Å². The van der Waals surface area contributed by atoms with E-state index in [2.05, 4.69) is 25.8 Å². The highest BCUT2D eigenvalue weighted by atomic mass is 16.5. The minimum Gasteiger partial charge on any atom is -0.462 e. The molecule has 3 heterocycles. The molecule has 0 saturated heterocycles. The van der Waals surface area contributed by atoms with Crippen LogP contribution in [0.1, 0.15) is 40.3 Å². The number of H-pyrrole nitrogens is 1. The second-order valence-corrected chi connectivity index (χ2v) is 5.70. The van der Waals surface area contributed by atoms with Crippen molar-refractivity contribution in [1.82, 2.24) is 15.7 Å². The van der Waals surface area contributed by atoms with E-state index >= 15 is 0 Å². The molecule has 1 unspecified atom stereocenters. The Morgan fingerprint density at radius 3 is 2.64 bits per heavy atom. The van der Waals surface area contributed by atoms with E-state index < -0.39 is 17.9 Å². The third-order valence-electron chi connectivity index (χ3n) is 3.95. The molecule has 0 aromatic carbocycles. The van der Waals surface area contributed by atoms with E-state index in [9.17, 15) is 14.4 Å². The molecular formula is C18H19N5O5. The molecule has 3 rings (SSSR count). The monoisotopic (exact) mass is 385 g/mol. The molecule has 0 saturated carbocycles.